The van der Waals surface area contributed by atoms with Gasteiger partial charge in [0.2, 0.25) is 17.6 Å². The summed E-state index contributed by atoms with van der Waals surface area (Å²) in [7, 11) is 4.55. The van der Waals surface area contributed by atoms with Crippen LogP contribution in [-0.2, 0) is 4.79 Å². The highest BCUT2D eigenvalue weighted by atomic mass is 35.5. The van der Waals surface area contributed by atoms with Gasteiger partial charge in [-0.3, -0.25) is 4.79 Å². The molecule has 1 aliphatic rings. The molecule has 33 heavy (non-hydrogen) atoms. The normalized spacial score (nSPS) is 15.0. The van der Waals surface area contributed by atoms with E-state index in [1.165, 1.54) is 21.3 Å². The number of aromatic nitrogens is 3. The van der Waals surface area contributed by atoms with Crippen LogP contribution in [0.2, 0.25) is 10.0 Å². The first-order valence-electron chi connectivity index (χ1n) is 9.78. The summed E-state index contributed by atoms with van der Waals surface area (Å²) in [6.07, 6.45) is 0. The Morgan fingerprint density at radius 3 is 2.27 bits per heavy atom. The topological polar surface area (TPSA) is 114 Å². The Morgan fingerprint density at radius 2 is 1.73 bits per heavy atom. The lowest BCUT2D eigenvalue weighted by Crippen LogP contribution is -2.31. The molecule has 172 valence electrons. The van der Waals surface area contributed by atoms with Gasteiger partial charge in [-0.2, -0.15) is 4.98 Å². The Hall–Kier alpha value is -3.43. The second kappa shape index (κ2) is 8.84. The molecule has 1 amide bonds. The van der Waals surface area contributed by atoms with Crippen LogP contribution in [-0.4, -0.2) is 42.0 Å². The first-order valence-corrected chi connectivity index (χ1v) is 10.5. The summed E-state index contributed by atoms with van der Waals surface area (Å²) in [5.41, 5.74) is 7.96. The first-order chi connectivity index (χ1) is 15.8. The van der Waals surface area contributed by atoms with Crippen molar-refractivity contribution in [3.8, 4) is 28.6 Å². The lowest BCUT2D eigenvalue weighted by molar-refractivity contribution is -0.115. The number of benzene rings is 2. The number of nitrogens with one attached hydrogen (secondary N) is 1. The van der Waals surface area contributed by atoms with E-state index in [4.69, 9.17) is 43.1 Å². The number of hydrogen-bond acceptors (Lipinski definition) is 7. The van der Waals surface area contributed by atoms with Crippen molar-refractivity contribution in [3.05, 3.63) is 57.2 Å². The number of ether oxygens (including phenoxy) is 3. The van der Waals surface area contributed by atoms with Gasteiger partial charge in [0.25, 0.3) is 0 Å². The Kier molecular flexibility index (Phi) is 6.09. The van der Waals surface area contributed by atoms with E-state index in [1.807, 2.05) is 0 Å². The molecule has 0 saturated carbocycles. The van der Waals surface area contributed by atoms with Gasteiger partial charge < -0.3 is 25.3 Å². The number of halogens is 2. The standard InChI is InChI=1S/C22H21Cl2N5O4/c1-10-17(20(25)30)18(12-8-15(31-2)19(33-4)16(9-12)32-3)29-22(26-10)27-21(28-29)11-5-6-13(23)14(24)7-11/h5-9,18H,1-4H3,(H2,25,30)(H,26,27,28). The summed E-state index contributed by atoms with van der Waals surface area (Å²) >= 11 is 12.2. The van der Waals surface area contributed by atoms with E-state index < -0.39 is 11.9 Å². The van der Waals surface area contributed by atoms with Gasteiger partial charge in [0, 0.05) is 11.3 Å². The third-order valence-corrected chi connectivity index (χ3v) is 6.04. The van der Waals surface area contributed by atoms with Gasteiger partial charge in [-0.15, -0.1) is 5.10 Å². The molecule has 11 heteroatoms. The Morgan fingerprint density at radius 1 is 1.06 bits per heavy atom. The molecule has 0 aliphatic carbocycles. The van der Waals surface area contributed by atoms with Crippen molar-refractivity contribution < 1.29 is 19.0 Å². The number of rotatable bonds is 6. The molecule has 2 aromatic carbocycles. The number of amides is 1. The molecular weight excluding hydrogens is 469 g/mol. The fraction of sp³-hybridized carbons (Fsp3) is 0.227. The number of nitrogens with two attached hydrogens (primary N) is 1. The molecule has 0 fully saturated rings. The predicted molar refractivity (Wildman–Crippen MR) is 125 cm³/mol. The van der Waals surface area contributed by atoms with Crippen LogP contribution in [0.5, 0.6) is 17.2 Å². The number of carbonyl (C=O) groups excluding carboxylic acids is 1. The number of hydrogen-bond donors (Lipinski definition) is 2. The fourth-order valence-electron chi connectivity index (χ4n) is 3.80. The highest BCUT2D eigenvalue weighted by molar-refractivity contribution is 6.42. The SMILES string of the molecule is COc1cc(C2C(C(N)=O)=C(C)Nc3nc(-c4ccc(Cl)c(Cl)c4)nn32)cc(OC)c1OC. The highest BCUT2D eigenvalue weighted by Gasteiger charge is 2.34. The van der Waals surface area contributed by atoms with Crippen molar-refractivity contribution in [1.29, 1.82) is 0 Å². The van der Waals surface area contributed by atoms with Crippen LogP contribution in [0, 0.1) is 0 Å². The first kappa shape index (κ1) is 22.8. The molecule has 3 aromatic rings. The van der Waals surface area contributed by atoms with Crippen LogP contribution >= 0.6 is 23.2 Å². The van der Waals surface area contributed by atoms with Crippen LogP contribution in [0.25, 0.3) is 11.4 Å². The summed E-state index contributed by atoms with van der Waals surface area (Å²) < 4.78 is 18.0. The molecule has 0 saturated heterocycles. The molecule has 1 aromatic heterocycles. The molecule has 9 nitrogen and oxygen atoms in total. The minimum absolute atomic E-state index is 0.322. The third kappa shape index (κ3) is 3.94. The Labute approximate surface area is 200 Å². The zero-order valence-electron chi connectivity index (χ0n) is 18.3. The number of anilines is 1. The number of fused-ring (bicyclic) bond motifs is 1. The largest absolute Gasteiger partial charge is 0.493 e. The van der Waals surface area contributed by atoms with Gasteiger partial charge in [-0.25, -0.2) is 4.68 Å². The van der Waals surface area contributed by atoms with Gasteiger partial charge in [0.1, 0.15) is 6.04 Å². The van der Waals surface area contributed by atoms with Crippen molar-refractivity contribution in [2.24, 2.45) is 5.73 Å². The number of allylic oxidation sites excluding steroid dienone is 1. The smallest absolute Gasteiger partial charge is 0.248 e. The lowest BCUT2D eigenvalue weighted by atomic mass is 9.94. The molecule has 0 spiro atoms. The summed E-state index contributed by atoms with van der Waals surface area (Å²) in [6.45, 7) is 1.75. The zero-order chi connectivity index (χ0) is 23.9. The molecule has 0 bridgehead atoms. The lowest BCUT2D eigenvalue weighted by Gasteiger charge is -2.28. The van der Waals surface area contributed by atoms with Crippen molar-refractivity contribution in [2.45, 2.75) is 13.0 Å². The average molecular weight is 490 g/mol. The maximum atomic E-state index is 12.5. The minimum atomic E-state index is -0.698. The quantitative estimate of drug-likeness (QED) is 0.536. The van der Waals surface area contributed by atoms with E-state index >= 15 is 0 Å². The number of nitrogens with zero attached hydrogens (tertiary/aromatic N) is 3. The van der Waals surface area contributed by atoms with Gasteiger partial charge in [-0.1, -0.05) is 23.2 Å². The molecule has 1 aliphatic heterocycles. The van der Waals surface area contributed by atoms with Crippen LogP contribution < -0.4 is 25.3 Å². The number of carbonyl (C=O) groups is 1. The molecule has 0 radical (unpaired) electrons. The predicted octanol–water partition coefficient (Wildman–Crippen LogP) is 4.05. The van der Waals surface area contributed by atoms with Crippen molar-refractivity contribution in [1.82, 2.24) is 14.8 Å². The fourth-order valence-corrected chi connectivity index (χ4v) is 4.09. The van der Waals surface area contributed by atoms with E-state index in [0.717, 1.165) is 0 Å². The zero-order valence-corrected chi connectivity index (χ0v) is 19.8. The number of primary amides is 1. The van der Waals surface area contributed by atoms with Gasteiger partial charge in [-0.05, 0) is 42.8 Å². The number of methoxy groups -OCH3 is 3. The van der Waals surface area contributed by atoms with E-state index in [0.29, 0.717) is 61.5 Å². The van der Waals surface area contributed by atoms with Crippen LogP contribution in [0.15, 0.2) is 41.6 Å². The second-order valence-electron chi connectivity index (χ2n) is 7.22. The minimum Gasteiger partial charge on any atom is -0.493 e. The van der Waals surface area contributed by atoms with Crippen LogP contribution in [0.1, 0.15) is 18.5 Å². The van der Waals surface area contributed by atoms with E-state index in [-0.39, 0.29) is 0 Å². The average Bonchev–Trinajstić information content (AvgIpc) is 3.22. The maximum absolute atomic E-state index is 12.5. The van der Waals surface area contributed by atoms with Crippen molar-refractivity contribution in [2.75, 3.05) is 26.6 Å². The molecule has 2 heterocycles. The van der Waals surface area contributed by atoms with Crippen LogP contribution in [0.3, 0.4) is 0 Å². The van der Waals surface area contributed by atoms with Crippen molar-refractivity contribution >= 4 is 35.1 Å². The molecular formula is C22H21Cl2N5O4. The Bertz CT molecular complexity index is 1260. The summed E-state index contributed by atoms with van der Waals surface area (Å²) in [5.74, 6) is 1.51. The van der Waals surface area contributed by atoms with Crippen molar-refractivity contribution in [3.63, 3.8) is 0 Å². The van der Waals surface area contributed by atoms with Gasteiger partial charge in [0.15, 0.2) is 17.3 Å². The Balaban J connectivity index is 1.93. The second-order valence-corrected chi connectivity index (χ2v) is 8.04. The molecule has 4 rings (SSSR count). The monoisotopic (exact) mass is 489 g/mol. The molecule has 1 unspecified atom stereocenters. The van der Waals surface area contributed by atoms with Gasteiger partial charge in [0.05, 0.1) is 36.9 Å². The summed E-state index contributed by atoms with van der Waals surface area (Å²) in [4.78, 5) is 17.1. The third-order valence-electron chi connectivity index (χ3n) is 5.30. The van der Waals surface area contributed by atoms with E-state index in [1.54, 1.807) is 41.9 Å². The van der Waals surface area contributed by atoms with Crippen LogP contribution in [0.4, 0.5) is 5.95 Å². The molecule has 3 N–H and O–H groups in total. The maximum Gasteiger partial charge on any atom is 0.248 e. The van der Waals surface area contributed by atoms with E-state index in [2.05, 4.69) is 15.4 Å². The van der Waals surface area contributed by atoms with Gasteiger partial charge >= 0.3 is 0 Å². The van der Waals surface area contributed by atoms with E-state index in [9.17, 15) is 4.79 Å². The summed E-state index contributed by atoms with van der Waals surface area (Å²) in [6, 6.07) is 7.91. The highest BCUT2D eigenvalue weighted by Crippen LogP contribution is 2.44. The molecule has 1 atom stereocenters. The summed E-state index contributed by atoms with van der Waals surface area (Å²) in [5, 5.41) is 8.57.